The Kier molecular flexibility index (Phi) is 4.61. The van der Waals surface area contributed by atoms with Gasteiger partial charge in [-0.15, -0.1) is 0 Å². The van der Waals surface area contributed by atoms with Crippen molar-refractivity contribution in [3.63, 3.8) is 0 Å². The fourth-order valence-electron chi connectivity index (χ4n) is 2.10. The third kappa shape index (κ3) is 3.29. The highest BCUT2D eigenvalue weighted by atomic mass is 16.5. The molecule has 1 aromatic carbocycles. The fraction of sp³-hybridized carbons (Fsp3) is 0.467. The summed E-state index contributed by atoms with van der Waals surface area (Å²) < 4.78 is 5.59. The second-order valence-corrected chi connectivity index (χ2v) is 4.94. The van der Waals surface area contributed by atoms with Gasteiger partial charge in [-0.3, -0.25) is 9.59 Å². The van der Waals surface area contributed by atoms with Crippen LogP contribution in [0.3, 0.4) is 0 Å². The Bertz CT molecular complexity index is 477. The number of hydrogen-bond donors (Lipinski definition) is 2. The molecule has 1 heterocycles. The molecule has 20 heavy (non-hydrogen) atoms. The van der Waals surface area contributed by atoms with Crippen molar-refractivity contribution in [1.29, 1.82) is 0 Å². The Balaban J connectivity index is 1.86. The molecule has 0 aromatic heterocycles. The molecule has 2 rings (SSSR count). The minimum Gasteiger partial charge on any atom is -0.480 e. The van der Waals surface area contributed by atoms with Gasteiger partial charge in [0.05, 0.1) is 0 Å². The van der Waals surface area contributed by atoms with Gasteiger partial charge in [0.2, 0.25) is 5.91 Å². The first-order chi connectivity index (χ1) is 9.61. The van der Waals surface area contributed by atoms with E-state index in [-0.39, 0.29) is 11.8 Å². The normalized spacial score (nSPS) is 17.8. The van der Waals surface area contributed by atoms with Crippen LogP contribution in [-0.2, 0) is 16.0 Å². The zero-order chi connectivity index (χ0) is 14.5. The van der Waals surface area contributed by atoms with E-state index >= 15 is 0 Å². The third-order valence-corrected chi connectivity index (χ3v) is 3.24. The van der Waals surface area contributed by atoms with Crippen LogP contribution < -0.4 is 15.4 Å². The molecule has 2 amide bonds. The first kappa shape index (κ1) is 14.4. The minimum atomic E-state index is -0.554. The Labute approximate surface area is 118 Å². The van der Waals surface area contributed by atoms with E-state index in [1.807, 2.05) is 31.2 Å². The van der Waals surface area contributed by atoms with Crippen LogP contribution in [-0.4, -0.2) is 30.5 Å². The summed E-state index contributed by atoms with van der Waals surface area (Å²) in [6.45, 7) is 4.27. The maximum absolute atomic E-state index is 12.1. The lowest BCUT2D eigenvalue weighted by atomic mass is 10.1. The molecule has 1 aromatic rings. The summed E-state index contributed by atoms with van der Waals surface area (Å²) in [4.78, 5) is 23.8. The van der Waals surface area contributed by atoms with Crippen molar-refractivity contribution in [2.75, 3.05) is 6.54 Å². The average Bonchev–Trinajstić information content (AvgIpc) is 2.88. The lowest BCUT2D eigenvalue weighted by Crippen LogP contribution is -2.49. The van der Waals surface area contributed by atoms with Crippen molar-refractivity contribution < 1.29 is 14.3 Å². The van der Waals surface area contributed by atoms with E-state index in [2.05, 4.69) is 10.6 Å². The van der Waals surface area contributed by atoms with Crippen LogP contribution in [0.1, 0.15) is 25.8 Å². The summed E-state index contributed by atoms with van der Waals surface area (Å²) in [7, 11) is 0. The Morgan fingerprint density at radius 2 is 2.15 bits per heavy atom. The summed E-state index contributed by atoms with van der Waals surface area (Å²) >= 11 is 0. The predicted molar refractivity (Wildman–Crippen MR) is 75.5 cm³/mol. The fourth-order valence-corrected chi connectivity index (χ4v) is 2.10. The molecule has 1 aliphatic rings. The maximum Gasteiger partial charge on any atom is 0.262 e. The van der Waals surface area contributed by atoms with E-state index in [1.54, 1.807) is 6.92 Å². The van der Waals surface area contributed by atoms with E-state index in [0.29, 0.717) is 13.0 Å². The maximum atomic E-state index is 12.1. The van der Waals surface area contributed by atoms with Gasteiger partial charge in [0.15, 0.2) is 6.10 Å². The molecule has 108 valence electrons. The smallest absolute Gasteiger partial charge is 0.262 e. The Morgan fingerprint density at radius 1 is 1.40 bits per heavy atom. The lowest BCUT2D eigenvalue weighted by molar-refractivity contribution is -0.132. The third-order valence-electron chi connectivity index (χ3n) is 3.24. The number of benzene rings is 1. The number of rotatable bonds is 5. The summed E-state index contributed by atoms with van der Waals surface area (Å²) in [6, 6.07) is 7.03. The molecule has 2 unspecified atom stereocenters. The summed E-state index contributed by atoms with van der Waals surface area (Å²) in [5.41, 5.74) is 1.02. The van der Waals surface area contributed by atoms with Crippen molar-refractivity contribution in [2.45, 2.75) is 38.8 Å². The van der Waals surface area contributed by atoms with Crippen LogP contribution in [0.15, 0.2) is 24.3 Å². The van der Waals surface area contributed by atoms with Crippen LogP contribution in [0.4, 0.5) is 0 Å². The first-order valence-electron chi connectivity index (χ1n) is 6.94. The van der Waals surface area contributed by atoms with Crippen molar-refractivity contribution in [2.24, 2.45) is 0 Å². The summed E-state index contributed by atoms with van der Waals surface area (Å²) in [5, 5.41) is 5.44. The topological polar surface area (TPSA) is 67.4 Å². The minimum absolute atomic E-state index is 0.171. The number of carbonyl (C=O) groups excluding carboxylic acids is 2. The van der Waals surface area contributed by atoms with Gasteiger partial charge in [0.1, 0.15) is 11.8 Å². The van der Waals surface area contributed by atoms with Crippen LogP contribution in [0, 0.1) is 0 Å². The quantitative estimate of drug-likeness (QED) is 0.844. The van der Waals surface area contributed by atoms with Gasteiger partial charge >= 0.3 is 0 Å². The van der Waals surface area contributed by atoms with Crippen molar-refractivity contribution in [3.05, 3.63) is 29.8 Å². The van der Waals surface area contributed by atoms with Gasteiger partial charge in [0.25, 0.3) is 5.91 Å². The molecule has 0 saturated carbocycles. The lowest BCUT2D eigenvalue weighted by Gasteiger charge is -2.16. The molecule has 0 bridgehead atoms. The molecule has 5 nitrogen and oxygen atoms in total. The molecule has 5 heteroatoms. The van der Waals surface area contributed by atoms with E-state index < -0.39 is 12.1 Å². The number of carbonyl (C=O) groups is 2. The largest absolute Gasteiger partial charge is 0.480 e. The van der Waals surface area contributed by atoms with Gasteiger partial charge in [-0.05, 0) is 25.0 Å². The number of amides is 2. The van der Waals surface area contributed by atoms with Gasteiger partial charge in [-0.2, -0.15) is 0 Å². The predicted octanol–water partition coefficient (Wildman–Crippen LogP) is 1.02. The summed E-state index contributed by atoms with van der Waals surface area (Å²) in [5.74, 6) is 0.326. The number of ether oxygens (including phenoxy) is 1. The summed E-state index contributed by atoms with van der Waals surface area (Å²) in [6.07, 6.45) is 0.868. The first-order valence-corrected chi connectivity index (χ1v) is 6.94. The monoisotopic (exact) mass is 276 g/mol. The van der Waals surface area contributed by atoms with Gasteiger partial charge in [-0.25, -0.2) is 0 Å². The van der Waals surface area contributed by atoms with Crippen molar-refractivity contribution in [3.8, 4) is 5.75 Å². The highest BCUT2D eigenvalue weighted by molar-refractivity contribution is 5.89. The zero-order valence-electron chi connectivity index (χ0n) is 11.8. The molecular weight excluding hydrogens is 256 g/mol. The highest BCUT2D eigenvalue weighted by Crippen LogP contribution is 2.28. The van der Waals surface area contributed by atoms with E-state index in [0.717, 1.165) is 17.7 Å². The molecule has 0 radical (unpaired) electrons. The molecule has 0 saturated heterocycles. The van der Waals surface area contributed by atoms with Crippen LogP contribution in [0.5, 0.6) is 5.75 Å². The van der Waals surface area contributed by atoms with Crippen LogP contribution in [0.2, 0.25) is 0 Å². The second kappa shape index (κ2) is 6.41. The van der Waals surface area contributed by atoms with Gasteiger partial charge in [0, 0.05) is 13.0 Å². The molecule has 2 atom stereocenters. The average molecular weight is 276 g/mol. The number of nitrogens with one attached hydrogen (secondary N) is 2. The number of para-hydroxylation sites is 1. The standard InChI is InChI=1S/C15H20N2O3/c1-3-8-16-14(18)10(2)17-15(19)13-9-11-6-4-5-7-12(11)20-13/h4-7,10,13H,3,8-9H2,1-2H3,(H,16,18)(H,17,19). The Hall–Kier alpha value is -2.04. The van der Waals surface area contributed by atoms with Crippen molar-refractivity contribution in [1.82, 2.24) is 10.6 Å². The SMILES string of the molecule is CCCNC(=O)C(C)NC(=O)C1Cc2ccccc2O1. The highest BCUT2D eigenvalue weighted by Gasteiger charge is 2.30. The van der Waals surface area contributed by atoms with Gasteiger partial charge in [-0.1, -0.05) is 25.1 Å². The molecule has 0 fully saturated rings. The molecular formula is C15H20N2O3. The Morgan fingerprint density at radius 3 is 2.85 bits per heavy atom. The van der Waals surface area contributed by atoms with E-state index in [9.17, 15) is 9.59 Å². The second-order valence-electron chi connectivity index (χ2n) is 4.94. The van der Waals surface area contributed by atoms with E-state index in [4.69, 9.17) is 4.74 Å². The van der Waals surface area contributed by atoms with Crippen molar-refractivity contribution >= 4 is 11.8 Å². The van der Waals surface area contributed by atoms with Crippen LogP contribution >= 0.6 is 0 Å². The molecule has 0 aliphatic carbocycles. The number of fused-ring (bicyclic) bond motifs is 1. The van der Waals surface area contributed by atoms with E-state index in [1.165, 1.54) is 0 Å². The van der Waals surface area contributed by atoms with Gasteiger partial charge < -0.3 is 15.4 Å². The zero-order valence-corrected chi connectivity index (χ0v) is 11.8. The molecule has 0 spiro atoms. The molecule has 2 N–H and O–H groups in total. The molecule has 1 aliphatic heterocycles. The number of hydrogen-bond acceptors (Lipinski definition) is 3. The van der Waals surface area contributed by atoms with Crippen LogP contribution in [0.25, 0.3) is 0 Å².